The van der Waals surface area contributed by atoms with Crippen LogP contribution in [-0.2, 0) is 24.7 Å². The number of rotatable bonds is 3. The second-order valence-electron chi connectivity index (χ2n) is 5.27. The summed E-state index contributed by atoms with van der Waals surface area (Å²) in [4.78, 5) is 27.2. The van der Waals surface area contributed by atoms with Gasteiger partial charge in [-0.1, -0.05) is 21.0 Å². The molecule has 0 radical (unpaired) electrons. The molecule has 2 amide bonds. The first-order chi connectivity index (χ1) is 12.0. The Balaban J connectivity index is 2.17. The van der Waals surface area contributed by atoms with Gasteiger partial charge in [-0.2, -0.15) is 0 Å². The van der Waals surface area contributed by atoms with Crippen LogP contribution in [0.5, 0.6) is 0 Å². The zero-order valence-electron chi connectivity index (χ0n) is 14.1. The topological polar surface area (TPSA) is 80.7 Å². The minimum absolute atomic E-state index is 0.141. The third-order valence-electron chi connectivity index (χ3n) is 3.89. The van der Waals surface area contributed by atoms with E-state index < -0.39 is 17.7 Å². The highest BCUT2D eigenvalue weighted by atomic mass is 79.9. The molecule has 0 saturated heterocycles. The maximum Gasteiger partial charge on any atom is 0.434 e. The van der Waals surface area contributed by atoms with Crippen LogP contribution in [0, 0.1) is 0 Å². The molecule has 1 spiro atoms. The first-order valence-electron chi connectivity index (χ1n) is 7.98. The van der Waals surface area contributed by atoms with Gasteiger partial charge in [-0.15, -0.1) is 5.01 Å². The smallest absolute Gasteiger partial charge is 0.434 e. The second kappa shape index (κ2) is 6.55. The maximum atomic E-state index is 13.2. The Morgan fingerprint density at radius 3 is 2.72 bits per heavy atom. The van der Waals surface area contributed by atoms with E-state index in [0.29, 0.717) is 17.8 Å². The van der Waals surface area contributed by atoms with Crippen LogP contribution < -0.4 is 4.90 Å². The van der Waals surface area contributed by atoms with Gasteiger partial charge in [0.1, 0.15) is 0 Å². The summed E-state index contributed by atoms with van der Waals surface area (Å²) in [6, 6.07) is 5.35. The zero-order valence-corrected chi connectivity index (χ0v) is 15.7. The summed E-state index contributed by atoms with van der Waals surface area (Å²) in [7, 11) is 0. The van der Waals surface area contributed by atoms with Gasteiger partial charge in [0.15, 0.2) is 0 Å². The average Bonchev–Trinajstić information content (AvgIpc) is 3.07. The lowest BCUT2D eigenvalue weighted by molar-refractivity contribution is -0.148. The Bertz CT molecular complexity index is 753. The molecule has 0 saturated carbocycles. The standard InChI is InChI=1S/C16H18BrN3O5/c1-4-19-12-8-7-10(17)9-11(12)16(13(19)21)20(15(22)24-6-3)18-14(25-16)23-5-2/h7-9H,4-6H2,1-3H3. The van der Waals surface area contributed by atoms with Crippen LogP contribution in [0.2, 0.25) is 0 Å². The molecule has 9 heteroatoms. The van der Waals surface area contributed by atoms with Gasteiger partial charge in [-0.3, -0.25) is 4.79 Å². The molecule has 0 N–H and O–H groups in total. The number of hydrogen-bond acceptors (Lipinski definition) is 6. The monoisotopic (exact) mass is 411 g/mol. The van der Waals surface area contributed by atoms with E-state index in [9.17, 15) is 9.59 Å². The van der Waals surface area contributed by atoms with Crippen molar-refractivity contribution in [1.82, 2.24) is 5.01 Å². The SMILES string of the molecule is CCOC(=O)N1N=C(OCC)OC12C(=O)N(CC)c1ccc(Br)cc12. The highest BCUT2D eigenvalue weighted by Gasteiger charge is 2.64. The summed E-state index contributed by atoms with van der Waals surface area (Å²) in [5, 5.41) is 4.97. The predicted octanol–water partition coefficient (Wildman–Crippen LogP) is 2.76. The number of anilines is 1. The molecule has 25 heavy (non-hydrogen) atoms. The molecule has 3 rings (SSSR count). The number of benzene rings is 1. The fourth-order valence-corrected chi connectivity index (χ4v) is 3.28. The Hall–Kier alpha value is -2.29. The Labute approximate surface area is 153 Å². The van der Waals surface area contributed by atoms with E-state index in [2.05, 4.69) is 21.0 Å². The maximum absolute atomic E-state index is 13.2. The van der Waals surface area contributed by atoms with E-state index in [1.165, 1.54) is 0 Å². The molecule has 2 heterocycles. The molecule has 1 aromatic carbocycles. The van der Waals surface area contributed by atoms with E-state index in [4.69, 9.17) is 14.2 Å². The molecule has 1 unspecified atom stereocenters. The number of nitrogens with zero attached hydrogens (tertiary/aromatic N) is 3. The van der Waals surface area contributed by atoms with Gasteiger partial charge in [0.2, 0.25) is 0 Å². The van der Waals surface area contributed by atoms with Gasteiger partial charge in [-0.05, 0) is 39.0 Å². The highest BCUT2D eigenvalue weighted by molar-refractivity contribution is 9.10. The van der Waals surface area contributed by atoms with Gasteiger partial charge in [0, 0.05) is 11.0 Å². The van der Waals surface area contributed by atoms with E-state index in [-0.39, 0.29) is 19.3 Å². The van der Waals surface area contributed by atoms with Gasteiger partial charge in [0.05, 0.1) is 24.5 Å². The quantitative estimate of drug-likeness (QED) is 0.763. The van der Waals surface area contributed by atoms with E-state index in [1.807, 2.05) is 13.0 Å². The van der Waals surface area contributed by atoms with Crippen LogP contribution in [0.4, 0.5) is 10.5 Å². The van der Waals surface area contributed by atoms with Crippen molar-refractivity contribution >= 4 is 39.7 Å². The van der Waals surface area contributed by atoms with Crippen molar-refractivity contribution in [3.63, 3.8) is 0 Å². The van der Waals surface area contributed by atoms with E-state index >= 15 is 0 Å². The number of carbonyl (C=O) groups excluding carboxylic acids is 2. The van der Waals surface area contributed by atoms with Crippen LogP contribution in [0.25, 0.3) is 0 Å². The van der Waals surface area contributed by atoms with Crippen LogP contribution in [0.15, 0.2) is 27.8 Å². The summed E-state index contributed by atoms with van der Waals surface area (Å²) in [5.74, 6) is -0.422. The molecule has 134 valence electrons. The predicted molar refractivity (Wildman–Crippen MR) is 92.9 cm³/mol. The minimum Gasteiger partial charge on any atom is -0.450 e. The lowest BCUT2D eigenvalue weighted by atomic mass is 10.0. The molecule has 0 fully saturated rings. The summed E-state index contributed by atoms with van der Waals surface area (Å²) in [6.07, 6.45) is -0.929. The minimum atomic E-state index is -1.76. The van der Waals surface area contributed by atoms with Gasteiger partial charge in [-0.25, -0.2) is 4.79 Å². The van der Waals surface area contributed by atoms with E-state index in [1.54, 1.807) is 30.9 Å². The molecular weight excluding hydrogens is 394 g/mol. The normalized spacial score (nSPS) is 21.3. The highest BCUT2D eigenvalue weighted by Crippen LogP contribution is 2.48. The van der Waals surface area contributed by atoms with Crippen molar-refractivity contribution in [1.29, 1.82) is 0 Å². The summed E-state index contributed by atoms with van der Waals surface area (Å²) in [6.45, 7) is 6.11. The van der Waals surface area contributed by atoms with Gasteiger partial charge < -0.3 is 19.1 Å². The fraction of sp³-hybridized carbons (Fsp3) is 0.438. The molecule has 8 nitrogen and oxygen atoms in total. The number of carbonyl (C=O) groups is 2. The van der Waals surface area contributed by atoms with Crippen molar-refractivity contribution < 1.29 is 23.8 Å². The molecule has 0 bridgehead atoms. The number of halogens is 1. The lowest BCUT2D eigenvalue weighted by Gasteiger charge is -2.28. The molecule has 1 aromatic rings. The molecule has 1 atom stereocenters. The van der Waals surface area contributed by atoms with Crippen LogP contribution >= 0.6 is 15.9 Å². The van der Waals surface area contributed by atoms with Crippen molar-refractivity contribution in [3.05, 3.63) is 28.2 Å². The third-order valence-corrected chi connectivity index (χ3v) is 4.38. The number of hydrogen-bond donors (Lipinski definition) is 0. The van der Waals surface area contributed by atoms with Crippen molar-refractivity contribution in [2.24, 2.45) is 5.10 Å². The van der Waals surface area contributed by atoms with Crippen molar-refractivity contribution in [3.8, 4) is 0 Å². The van der Waals surface area contributed by atoms with Crippen LogP contribution in [-0.4, -0.2) is 42.9 Å². The first-order valence-corrected chi connectivity index (χ1v) is 8.78. The summed E-state index contributed by atoms with van der Waals surface area (Å²) < 4.78 is 16.9. The Morgan fingerprint density at radius 1 is 1.32 bits per heavy atom. The largest absolute Gasteiger partial charge is 0.450 e. The first kappa shape index (κ1) is 17.5. The van der Waals surface area contributed by atoms with Gasteiger partial charge >= 0.3 is 17.9 Å². The van der Waals surface area contributed by atoms with Crippen LogP contribution in [0.1, 0.15) is 26.3 Å². The fourth-order valence-electron chi connectivity index (χ4n) is 2.92. The van der Waals surface area contributed by atoms with Gasteiger partial charge in [0.25, 0.3) is 5.91 Å². The summed E-state index contributed by atoms with van der Waals surface area (Å²) in [5.41, 5.74) is -0.607. The number of amides is 2. The third kappa shape index (κ3) is 2.53. The molecule has 2 aliphatic heterocycles. The van der Waals surface area contributed by atoms with Crippen LogP contribution in [0.3, 0.4) is 0 Å². The molecule has 2 aliphatic rings. The van der Waals surface area contributed by atoms with Crippen molar-refractivity contribution in [2.45, 2.75) is 26.5 Å². The van der Waals surface area contributed by atoms with E-state index in [0.717, 1.165) is 9.48 Å². The zero-order chi connectivity index (χ0) is 18.2. The molecule has 0 aliphatic carbocycles. The van der Waals surface area contributed by atoms with Crippen molar-refractivity contribution in [2.75, 3.05) is 24.7 Å². The number of hydrazone groups is 1. The Morgan fingerprint density at radius 2 is 2.08 bits per heavy atom. The number of ether oxygens (including phenoxy) is 3. The number of likely N-dealkylation sites (N-methyl/N-ethyl adjacent to an activating group) is 1. The molecule has 0 aromatic heterocycles. The lowest BCUT2D eigenvalue weighted by Crippen LogP contribution is -2.52. The summed E-state index contributed by atoms with van der Waals surface area (Å²) >= 11 is 3.40. The average molecular weight is 412 g/mol. The second-order valence-corrected chi connectivity index (χ2v) is 6.18. The molecular formula is C16H18BrN3O5. The number of fused-ring (bicyclic) bond motifs is 2. The Kier molecular flexibility index (Phi) is 4.59.